The highest BCUT2D eigenvalue weighted by molar-refractivity contribution is 6.02. The van der Waals surface area contributed by atoms with E-state index in [4.69, 9.17) is 4.42 Å². The monoisotopic (exact) mass is 241 g/mol. The number of H-pyrrole nitrogens is 1. The first-order chi connectivity index (χ1) is 8.74. The van der Waals surface area contributed by atoms with Gasteiger partial charge in [0.1, 0.15) is 0 Å². The summed E-state index contributed by atoms with van der Waals surface area (Å²) < 4.78 is 5.12. The molecule has 2 aromatic heterocycles. The van der Waals surface area contributed by atoms with E-state index in [-0.39, 0.29) is 5.91 Å². The Balaban J connectivity index is 1.88. The summed E-state index contributed by atoms with van der Waals surface area (Å²) in [6.07, 6.45) is 1.49. The lowest BCUT2D eigenvalue weighted by Crippen LogP contribution is -2.13. The second-order valence-corrected chi connectivity index (χ2v) is 3.99. The van der Waals surface area contributed by atoms with Crippen LogP contribution in [0, 0.1) is 6.92 Å². The molecule has 2 heterocycles. The molecule has 2 N–H and O–H groups in total. The number of benzene rings is 1. The largest absolute Gasteiger partial charge is 0.459 e. The van der Waals surface area contributed by atoms with E-state index >= 15 is 0 Å². The number of aromatic amines is 1. The summed E-state index contributed by atoms with van der Waals surface area (Å²) in [4.78, 5) is 19.2. The first-order valence-corrected chi connectivity index (χ1v) is 5.54. The number of hydrogen-bond acceptors (Lipinski definition) is 3. The Kier molecular flexibility index (Phi) is 2.37. The Labute approximate surface area is 103 Å². The normalized spacial score (nSPS) is 10.7. The van der Waals surface area contributed by atoms with Crippen molar-refractivity contribution in [3.05, 3.63) is 47.9 Å². The zero-order chi connectivity index (χ0) is 12.5. The maximum atomic E-state index is 11.9. The van der Waals surface area contributed by atoms with Crippen molar-refractivity contribution < 1.29 is 9.21 Å². The first-order valence-electron chi connectivity index (χ1n) is 5.54. The van der Waals surface area contributed by atoms with E-state index in [9.17, 15) is 4.79 Å². The molecule has 0 aliphatic rings. The van der Waals surface area contributed by atoms with Gasteiger partial charge in [0.25, 0.3) is 5.91 Å². The van der Waals surface area contributed by atoms with Crippen molar-refractivity contribution in [3.8, 4) is 0 Å². The first kappa shape index (κ1) is 10.6. The number of aromatic nitrogens is 2. The van der Waals surface area contributed by atoms with Gasteiger partial charge in [-0.05, 0) is 25.1 Å². The minimum atomic E-state index is -0.309. The molecule has 0 saturated carbocycles. The smallest absolute Gasteiger partial charge is 0.293 e. The molecule has 0 fully saturated rings. The van der Waals surface area contributed by atoms with Crippen LogP contribution in [0.3, 0.4) is 0 Å². The Hall–Kier alpha value is -2.56. The summed E-state index contributed by atoms with van der Waals surface area (Å²) in [6, 6.07) is 9.32. The summed E-state index contributed by atoms with van der Waals surface area (Å²) in [5, 5.41) is 2.68. The number of furan rings is 1. The Morgan fingerprint density at radius 1 is 1.33 bits per heavy atom. The highest BCUT2D eigenvalue weighted by Crippen LogP contribution is 2.15. The van der Waals surface area contributed by atoms with E-state index in [1.54, 1.807) is 6.07 Å². The predicted octanol–water partition coefficient (Wildman–Crippen LogP) is 2.72. The van der Waals surface area contributed by atoms with E-state index in [1.807, 2.05) is 31.2 Å². The van der Waals surface area contributed by atoms with Crippen molar-refractivity contribution in [2.75, 3.05) is 5.32 Å². The molecule has 0 unspecified atom stereocenters. The van der Waals surface area contributed by atoms with Gasteiger partial charge in [-0.15, -0.1) is 0 Å². The van der Waals surface area contributed by atoms with Crippen molar-refractivity contribution in [2.24, 2.45) is 0 Å². The van der Waals surface area contributed by atoms with Crippen LogP contribution in [0.25, 0.3) is 11.0 Å². The molecule has 0 atom stereocenters. The molecule has 3 rings (SSSR count). The lowest BCUT2D eigenvalue weighted by molar-refractivity contribution is 0.0995. The number of fused-ring (bicyclic) bond motifs is 1. The van der Waals surface area contributed by atoms with Crippen LogP contribution < -0.4 is 5.32 Å². The summed E-state index contributed by atoms with van der Waals surface area (Å²) in [5.74, 6) is 0.406. The number of hydrogen-bond donors (Lipinski definition) is 2. The van der Waals surface area contributed by atoms with E-state index in [1.165, 1.54) is 6.26 Å². The van der Waals surface area contributed by atoms with Crippen LogP contribution in [0.1, 0.15) is 16.1 Å². The Morgan fingerprint density at radius 2 is 2.17 bits per heavy atom. The van der Waals surface area contributed by atoms with Crippen molar-refractivity contribution in [1.29, 1.82) is 0 Å². The van der Waals surface area contributed by atoms with Crippen LogP contribution in [-0.2, 0) is 0 Å². The highest BCUT2D eigenvalue weighted by Gasteiger charge is 2.14. The number of amides is 1. The molecule has 0 bridgehead atoms. The molecule has 0 saturated heterocycles. The molecule has 90 valence electrons. The average molecular weight is 241 g/mol. The zero-order valence-corrected chi connectivity index (χ0v) is 9.73. The van der Waals surface area contributed by atoms with E-state index in [2.05, 4.69) is 15.3 Å². The van der Waals surface area contributed by atoms with Crippen LogP contribution in [0.15, 0.2) is 41.0 Å². The van der Waals surface area contributed by atoms with Crippen molar-refractivity contribution in [3.63, 3.8) is 0 Å². The third-order valence-corrected chi connectivity index (χ3v) is 2.69. The molecule has 18 heavy (non-hydrogen) atoms. The van der Waals surface area contributed by atoms with E-state index in [0.29, 0.717) is 11.7 Å². The van der Waals surface area contributed by atoms with Gasteiger partial charge >= 0.3 is 0 Å². The number of carbonyl (C=O) groups is 1. The SMILES string of the molecule is Cc1ccoc1C(=O)Nc1nc2ccccc2[nH]1. The molecule has 1 amide bonds. The molecule has 3 aromatic rings. The molecule has 0 aliphatic carbocycles. The fourth-order valence-corrected chi connectivity index (χ4v) is 1.78. The second-order valence-electron chi connectivity index (χ2n) is 3.99. The maximum Gasteiger partial charge on any atom is 0.293 e. The van der Waals surface area contributed by atoms with Crippen LogP contribution in [-0.4, -0.2) is 15.9 Å². The molecule has 0 spiro atoms. The van der Waals surface area contributed by atoms with Gasteiger partial charge < -0.3 is 9.40 Å². The van der Waals surface area contributed by atoms with Gasteiger partial charge in [-0.25, -0.2) is 4.98 Å². The average Bonchev–Trinajstić information content (AvgIpc) is 2.94. The minimum absolute atomic E-state index is 0.301. The van der Waals surface area contributed by atoms with Gasteiger partial charge in [-0.3, -0.25) is 10.1 Å². The number of nitrogens with zero attached hydrogens (tertiary/aromatic N) is 1. The predicted molar refractivity (Wildman–Crippen MR) is 67.5 cm³/mol. The number of para-hydroxylation sites is 2. The Morgan fingerprint density at radius 3 is 2.89 bits per heavy atom. The highest BCUT2D eigenvalue weighted by atomic mass is 16.3. The molecular weight excluding hydrogens is 230 g/mol. The summed E-state index contributed by atoms with van der Waals surface area (Å²) >= 11 is 0. The molecule has 0 aliphatic heterocycles. The Bertz CT molecular complexity index is 679. The van der Waals surface area contributed by atoms with Gasteiger partial charge in [0, 0.05) is 5.56 Å². The number of rotatable bonds is 2. The van der Waals surface area contributed by atoms with Gasteiger partial charge in [0.2, 0.25) is 5.95 Å². The van der Waals surface area contributed by atoms with Gasteiger partial charge in [-0.1, -0.05) is 12.1 Å². The number of carbonyl (C=O) groups excluding carboxylic acids is 1. The molecule has 5 heteroatoms. The topological polar surface area (TPSA) is 70.9 Å². The van der Waals surface area contributed by atoms with Crippen molar-refractivity contribution in [1.82, 2.24) is 9.97 Å². The molecular formula is C13H11N3O2. The van der Waals surface area contributed by atoms with E-state index in [0.717, 1.165) is 16.6 Å². The number of nitrogens with one attached hydrogen (secondary N) is 2. The van der Waals surface area contributed by atoms with Crippen LogP contribution in [0.4, 0.5) is 5.95 Å². The van der Waals surface area contributed by atoms with Gasteiger partial charge in [-0.2, -0.15) is 0 Å². The van der Waals surface area contributed by atoms with Crippen molar-refractivity contribution >= 4 is 22.9 Å². The van der Waals surface area contributed by atoms with Crippen LogP contribution in [0.5, 0.6) is 0 Å². The molecule has 0 radical (unpaired) electrons. The summed E-state index contributed by atoms with van der Waals surface area (Å²) in [5.41, 5.74) is 2.48. The second kappa shape index (κ2) is 4.03. The lowest BCUT2D eigenvalue weighted by atomic mass is 10.3. The summed E-state index contributed by atoms with van der Waals surface area (Å²) in [6.45, 7) is 1.82. The van der Waals surface area contributed by atoms with Gasteiger partial charge in [0.15, 0.2) is 5.76 Å². The fourth-order valence-electron chi connectivity index (χ4n) is 1.78. The third-order valence-electron chi connectivity index (χ3n) is 2.69. The summed E-state index contributed by atoms with van der Waals surface area (Å²) in [7, 11) is 0. The molecule has 1 aromatic carbocycles. The van der Waals surface area contributed by atoms with E-state index < -0.39 is 0 Å². The zero-order valence-electron chi connectivity index (χ0n) is 9.73. The standard InChI is InChI=1S/C13H11N3O2/c1-8-6-7-18-11(8)12(17)16-13-14-9-4-2-3-5-10(9)15-13/h2-7H,1H3,(H2,14,15,16,17). The van der Waals surface area contributed by atoms with Crippen LogP contribution in [0.2, 0.25) is 0 Å². The van der Waals surface area contributed by atoms with Crippen LogP contribution >= 0.6 is 0 Å². The number of aryl methyl sites for hydroxylation is 1. The molecule has 5 nitrogen and oxygen atoms in total. The number of imidazole rings is 1. The minimum Gasteiger partial charge on any atom is -0.459 e. The van der Waals surface area contributed by atoms with Gasteiger partial charge in [0.05, 0.1) is 17.3 Å². The number of anilines is 1. The third kappa shape index (κ3) is 1.75. The lowest BCUT2D eigenvalue weighted by Gasteiger charge is -1.98. The van der Waals surface area contributed by atoms with Crippen molar-refractivity contribution in [2.45, 2.75) is 6.92 Å². The maximum absolute atomic E-state index is 11.9. The quantitative estimate of drug-likeness (QED) is 0.724. The fraction of sp³-hybridized carbons (Fsp3) is 0.0769.